The number of hydrogen-bond donors (Lipinski definition) is 1. The van der Waals surface area contributed by atoms with E-state index in [0.29, 0.717) is 0 Å². The number of rotatable bonds is 1. The lowest BCUT2D eigenvalue weighted by Crippen LogP contribution is -2.14. The Morgan fingerprint density at radius 2 is 2.21 bits per heavy atom. The third kappa shape index (κ3) is 1.02. The third-order valence-corrected chi connectivity index (χ3v) is 2.63. The number of imidazole rings is 1. The van der Waals surface area contributed by atoms with Gasteiger partial charge in [0.15, 0.2) is 0 Å². The quantitative estimate of drug-likeness (QED) is 0.737. The number of hydrogen-bond acceptors (Lipinski definition) is 2. The highest BCUT2D eigenvalue weighted by Crippen LogP contribution is 2.31. The molecule has 3 nitrogen and oxygen atoms in total. The minimum atomic E-state index is 0.940. The van der Waals surface area contributed by atoms with Crippen LogP contribution in [0.1, 0.15) is 5.56 Å². The van der Waals surface area contributed by atoms with Gasteiger partial charge in [0.05, 0.1) is 0 Å². The van der Waals surface area contributed by atoms with Crippen LogP contribution in [-0.4, -0.2) is 16.5 Å². The van der Waals surface area contributed by atoms with E-state index in [1.165, 1.54) is 11.3 Å². The molecule has 14 heavy (non-hydrogen) atoms. The molecule has 1 aromatic heterocycles. The van der Waals surface area contributed by atoms with Crippen LogP contribution in [0.3, 0.4) is 0 Å². The summed E-state index contributed by atoms with van der Waals surface area (Å²) in [6, 6.07) is 8.48. The fourth-order valence-corrected chi connectivity index (χ4v) is 1.96. The van der Waals surface area contributed by atoms with Gasteiger partial charge in [-0.15, -0.1) is 0 Å². The molecule has 0 radical (unpaired) electrons. The smallest absolute Gasteiger partial charge is 0.207 e. The van der Waals surface area contributed by atoms with Crippen LogP contribution in [-0.2, 0) is 6.42 Å². The minimum absolute atomic E-state index is 0.940. The topological polar surface area (TPSA) is 31.9 Å². The van der Waals surface area contributed by atoms with Gasteiger partial charge in [0.1, 0.15) is 0 Å². The Morgan fingerprint density at radius 1 is 1.29 bits per heavy atom. The van der Waals surface area contributed by atoms with Gasteiger partial charge < -0.3 is 9.88 Å². The molecule has 1 N–H and O–H groups in total. The SMILES string of the molecule is c1ccc2c(c1)CCN2c1ncc[nH]1. The van der Waals surface area contributed by atoms with Gasteiger partial charge in [-0.2, -0.15) is 0 Å². The van der Waals surface area contributed by atoms with Crippen LogP contribution in [0.5, 0.6) is 0 Å². The second-order valence-electron chi connectivity index (χ2n) is 3.44. The second-order valence-corrected chi connectivity index (χ2v) is 3.44. The van der Waals surface area contributed by atoms with E-state index in [0.717, 1.165) is 18.9 Å². The molecule has 0 unspecified atom stereocenters. The summed E-state index contributed by atoms with van der Waals surface area (Å²) < 4.78 is 0. The van der Waals surface area contributed by atoms with Gasteiger partial charge in [-0.1, -0.05) is 18.2 Å². The van der Waals surface area contributed by atoms with Gasteiger partial charge in [-0.3, -0.25) is 0 Å². The zero-order chi connectivity index (χ0) is 9.38. The lowest BCUT2D eigenvalue weighted by atomic mass is 10.2. The Balaban J connectivity index is 2.06. The van der Waals surface area contributed by atoms with Crippen LogP contribution < -0.4 is 4.90 Å². The highest BCUT2D eigenvalue weighted by molar-refractivity contribution is 5.65. The summed E-state index contributed by atoms with van der Waals surface area (Å²) in [5.41, 5.74) is 2.69. The molecule has 0 saturated carbocycles. The van der Waals surface area contributed by atoms with E-state index in [1.54, 1.807) is 6.20 Å². The van der Waals surface area contributed by atoms with Crippen LogP contribution in [0, 0.1) is 0 Å². The van der Waals surface area contributed by atoms with Gasteiger partial charge in [0.2, 0.25) is 5.95 Å². The van der Waals surface area contributed by atoms with Crippen molar-refractivity contribution < 1.29 is 0 Å². The van der Waals surface area contributed by atoms with E-state index in [-0.39, 0.29) is 0 Å². The van der Waals surface area contributed by atoms with Crippen LogP contribution >= 0.6 is 0 Å². The number of nitrogens with zero attached hydrogens (tertiary/aromatic N) is 2. The van der Waals surface area contributed by atoms with E-state index in [1.807, 2.05) is 6.20 Å². The standard InChI is InChI=1S/C11H11N3/c1-2-4-10-9(3-1)5-8-14(10)11-12-6-7-13-11/h1-4,6-7H,5,8H2,(H,12,13). The van der Waals surface area contributed by atoms with Crippen molar-refractivity contribution in [3.8, 4) is 0 Å². The van der Waals surface area contributed by atoms with Crippen LogP contribution in [0.15, 0.2) is 36.7 Å². The van der Waals surface area contributed by atoms with Crippen LogP contribution in [0.4, 0.5) is 11.6 Å². The highest BCUT2D eigenvalue weighted by Gasteiger charge is 2.20. The molecule has 0 amide bonds. The fourth-order valence-electron chi connectivity index (χ4n) is 1.96. The van der Waals surface area contributed by atoms with E-state index in [4.69, 9.17) is 0 Å². The van der Waals surface area contributed by atoms with Crippen molar-refractivity contribution in [1.29, 1.82) is 0 Å². The number of H-pyrrole nitrogens is 1. The average molecular weight is 185 g/mol. The Morgan fingerprint density at radius 3 is 3.07 bits per heavy atom. The first-order valence-electron chi connectivity index (χ1n) is 4.80. The van der Waals surface area contributed by atoms with Crippen LogP contribution in [0.25, 0.3) is 0 Å². The van der Waals surface area contributed by atoms with Gasteiger partial charge in [0.25, 0.3) is 0 Å². The summed E-state index contributed by atoms with van der Waals surface area (Å²) in [5, 5.41) is 0. The molecule has 70 valence electrons. The molecule has 3 rings (SSSR count). The average Bonchev–Trinajstić information content (AvgIpc) is 2.85. The molecular formula is C11H11N3. The second kappa shape index (κ2) is 2.87. The van der Waals surface area contributed by atoms with Crippen LogP contribution in [0.2, 0.25) is 0 Å². The number of anilines is 2. The zero-order valence-electron chi connectivity index (χ0n) is 7.77. The maximum atomic E-state index is 4.27. The Kier molecular flexibility index (Phi) is 1.56. The summed E-state index contributed by atoms with van der Waals surface area (Å²) >= 11 is 0. The normalized spacial score (nSPS) is 14.4. The van der Waals surface area contributed by atoms with E-state index < -0.39 is 0 Å². The Bertz CT molecular complexity index is 434. The molecule has 0 fully saturated rings. The number of aromatic nitrogens is 2. The van der Waals surface area contributed by atoms with Gasteiger partial charge in [-0.05, 0) is 18.1 Å². The van der Waals surface area contributed by atoms with E-state index in [2.05, 4.69) is 39.1 Å². The van der Waals surface area contributed by atoms with E-state index >= 15 is 0 Å². The maximum Gasteiger partial charge on any atom is 0.207 e. The molecule has 0 spiro atoms. The molecule has 2 heterocycles. The molecule has 1 aliphatic rings. The molecule has 2 aromatic rings. The largest absolute Gasteiger partial charge is 0.331 e. The van der Waals surface area contributed by atoms with Gasteiger partial charge >= 0.3 is 0 Å². The number of nitrogens with one attached hydrogen (secondary N) is 1. The number of para-hydroxylation sites is 1. The van der Waals surface area contributed by atoms with Gasteiger partial charge in [0, 0.05) is 24.6 Å². The predicted molar refractivity (Wildman–Crippen MR) is 55.7 cm³/mol. The predicted octanol–water partition coefficient (Wildman–Crippen LogP) is 2.10. The lowest BCUT2D eigenvalue weighted by Gasteiger charge is -2.15. The number of benzene rings is 1. The van der Waals surface area contributed by atoms with Crippen molar-refractivity contribution >= 4 is 11.6 Å². The lowest BCUT2D eigenvalue weighted by molar-refractivity contribution is 0.959. The van der Waals surface area contributed by atoms with E-state index in [9.17, 15) is 0 Å². The summed E-state index contributed by atoms with van der Waals surface area (Å²) in [6.07, 6.45) is 4.75. The molecule has 1 aliphatic heterocycles. The van der Waals surface area contributed by atoms with Crippen molar-refractivity contribution in [1.82, 2.24) is 9.97 Å². The van der Waals surface area contributed by atoms with Crippen molar-refractivity contribution in [2.75, 3.05) is 11.4 Å². The van der Waals surface area contributed by atoms with Gasteiger partial charge in [-0.25, -0.2) is 4.98 Å². The fraction of sp³-hybridized carbons (Fsp3) is 0.182. The molecule has 0 saturated heterocycles. The summed E-state index contributed by atoms with van der Waals surface area (Å²) in [7, 11) is 0. The monoisotopic (exact) mass is 185 g/mol. The Labute approximate surface area is 82.4 Å². The van der Waals surface area contributed by atoms with Crippen molar-refractivity contribution in [2.24, 2.45) is 0 Å². The number of fused-ring (bicyclic) bond motifs is 1. The molecule has 0 aliphatic carbocycles. The minimum Gasteiger partial charge on any atom is -0.331 e. The first-order valence-corrected chi connectivity index (χ1v) is 4.80. The zero-order valence-corrected chi connectivity index (χ0v) is 7.77. The highest BCUT2D eigenvalue weighted by atomic mass is 15.3. The molecular weight excluding hydrogens is 174 g/mol. The third-order valence-electron chi connectivity index (χ3n) is 2.63. The summed E-state index contributed by atoms with van der Waals surface area (Å²) in [5.74, 6) is 0.940. The number of aromatic amines is 1. The molecule has 0 bridgehead atoms. The first kappa shape index (κ1) is 7.62. The molecule has 1 aromatic carbocycles. The summed E-state index contributed by atoms with van der Waals surface area (Å²) in [4.78, 5) is 9.62. The van der Waals surface area contributed by atoms with Crippen molar-refractivity contribution in [3.05, 3.63) is 42.2 Å². The maximum absolute atomic E-state index is 4.27. The first-order chi connectivity index (χ1) is 6.95. The molecule has 0 atom stereocenters. The van der Waals surface area contributed by atoms with Crippen molar-refractivity contribution in [2.45, 2.75) is 6.42 Å². The molecule has 3 heteroatoms. The van der Waals surface area contributed by atoms with Crippen molar-refractivity contribution in [3.63, 3.8) is 0 Å². The summed E-state index contributed by atoms with van der Waals surface area (Å²) in [6.45, 7) is 1.02. The Hall–Kier alpha value is -1.77.